The van der Waals surface area contributed by atoms with E-state index in [1.54, 1.807) is 0 Å². The predicted octanol–water partition coefficient (Wildman–Crippen LogP) is -2.61. The lowest BCUT2D eigenvalue weighted by Crippen LogP contribution is -3.00. The van der Waals surface area contributed by atoms with Gasteiger partial charge < -0.3 is 26.8 Å². The molecule has 13 heavy (non-hydrogen) atoms. The Hall–Kier alpha value is -0.350. The van der Waals surface area contributed by atoms with Crippen LogP contribution in [0, 0.1) is 0 Å². The van der Waals surface area contributed by atoms with E-state index in [2.05, 4.69) is 33.0 Å². The molecule has 0 aromatic carbocycles. The van der Waals surface area contributed by atoms with Crippen LogP contribution in [0.25, 0.3) is 0 Å². The molecule has 1 N–H and O–H groups in total. The Morgan fingerprint density at radius 2 is 2.00 bits per heavy atom. The standard InChI is InChI=1S/C9H18N2O.BrH/c1-5-9(12)10-7-6-8-11(2,3)4;/h5H,1,6-8H2,2-4H3;1H. The number of nitrogens with zero attached hydrogens (tertiary/aromatic N) is 1. The minimum absolute atomic E-state index is 0. The molecule has 0 saturated heterocycles. The summed E-state index contributed by atoms with van der Waals surface area (Å²) in [6, 6.07) is 0. The monoisotopic (exact) mass is 250 g/mol. The number of carbonyl (C=O) groups excluding carboxylic acids is 1. The average molecular weight is 251 g/mol. The van der Waals surface area contributed by atoms with Crippen LogP contribution in [0.3, 0.4) is 0 Å². The van der Waals surface area contributed by atoms with Gasteiger partial charge in [-0.25, -0.2) is 0 Å². The van der Waals surface area contributed by atoms with Crippen LogP contribution in [0.4, 0.5) is 0 Å². The molecule has 1 amide bonds. The molecule has 0 aliphatic rings. The van der Waals surface area contributed by atoms with Gasteiger partial charge in [0.25, 0.3) is 0 Å². The predicted molar refractivity (Wildman–Crippen MR) is 50.7 cm³/mol. The highest BCUT2D eigenvalue weighted by Gasteiger charge is 2.05. The minimum atomic E-state index is -0.0867. The maximum absolute atomic E-state index is 10.7. The molecule has 0 aliphatic carbocycles. The average Bonchev–Trinajstić information content (AvgIpc) is 1.96. The Kier molecular flexibility index (Phi) is 8.26. The molecule has 78 valence electrons. The first-order valence-electron chi connectivity index (χ1n) is 4.16. The molecule has 0 heterocycles. The third-order valence-electron chi connectivity index (χ3n) is 1.49. The second-order valence-electron chi connectivity index (χ2n) is 3.86. The number of quaternary nitrogens is 1. The molecule has 0 unspecified atom stereocenters. The Morgan fingerprint density at radius 1 is 1.46 bits per heavy atom. The molecular formula is C9H19BrN2O. The van der Waals surface area contributed by atoms with Crippen LogP contribution in [0.2, 0.25) is 0 Å². The first kappa shape index (κ1) is 15.1. The molecule has 0 spiro atoms. The van der Waals surface area contributed by atoms with Crippen LogP contribution in [-0.2, 0) is 4.79 Å². The van der Waals surface area contributed by atoms with Crippen molar-refractivity contribution in [3.63, 3.8) is 0 Å². The van der Waals surface area contributed by atoms with E-state index in [4.69, 9.17) is 0 Å². The van der Waals surface area contributed by atoms with E-state index < -0.39 is 0 Å². The molecule has 4 heteroatoms. The van der Waals surface area contributed by atoms with E-state index in [0.29, 0.717) is 0 Å². The van der Waals surface area contributed by atoms with Gasteiger partial charge in [0.2, 0.25) is 5.91 Å². The third-order valence-corrected chi connectivity index (χ3v) is 1.49. The maximum Gasteiger partial charge on any atom is 0.243 e. The SMILES string of the molecule is C=CC(=O)NCCC[N+](C)(C)C.[Br-]. The normalized spacial score (nSPS) is 10.1. The fraction of sp³-hybridized carbons (Fsp3) is 0.667. The van der Waals surface area contributed by atoms with Crippen molar-refractivity contribution in [3.8, 4) is 0 Å². The zero-order valence-corrected chi connectivity index (χ0v) is 10.2. The fourth-order valence-corrected chi connectivity index (χ4v) is 0.837. The van der Waals surface area contributed by atoms with Crippen molar-refractivity contribution in [1.82, 2.24) is 5.32 Å². The summed E-state index contributed by atoms with van der Waals surface area (Å²) in [5, 5.41) is 2.74. The molecule has 0 saturated carbocycles. The van der Waals surface area contributed by atoms with Gasteiger partial charge in [-0.15, -0.1) is 0 Å². The van der Waals surface area contributed by atoms with Crippen molar-refractivity contribution in [2.24, 2.45) is 0 Å². The second-order valence-corrected chi connectivity index (χ2v) is 3.86. The summed E-state index contributed by atoms with van der Waals surface area (Å²) in [4.78, 5) is 10.7. The highest BCUT2D eigenvalue weighted by atomic mass is 79.9. The van der Waals surface area contributed by atoms with Gasteiger partial charge in [-0.3, -0.25) is 4.79 Å². The number of hydrogen-bond acceptors (Lipinski definition) is 1. The highest BCUT2D eigenvalue weighted by Crippen LogP contribution is 1.91. The lowest BCUT2D eigenvalue weighted by Gasteiger charge is -2.23. The van der Waals surface area contributed by atoms with Crippen LogP contribution in [0.1, 0.15) is 6.42 Å². The molecular weight excluding hydrogens is 232 g/mol. The Balaban J connectivity index is 0. The molecule has 0 fully saturated rings. The van der Waals surface area contributed by atoms with Crippen molar-refractivity contribution in [2.75, 3.05) is 34.2 Å². The van der Waals surface area contributed by atoms with Crippen molar-refractivity contribution in [3.05, 3.63) is 12.7 Å². The lowest BCUT2D eigenvalue weighted by molar-refractivity contribution is -0.870. The molecule has 0 bridgehead atoms. The number of nitrogens with one attached hydrogen (secondary N) is 1. The Labute approximate surface area is 91.2 Å². The molecule has 3 nitrogen and oxygen atoms in total. The molecule has 0 atom stereocenters. The number of carbonyl (C=O) groups is 1. The number of rotatable bonds is 5. The Bertz CT molecular complexity index is 163. The number of hydrogen-bond donors (Lipinski definition) is 1. The van der Waals surface area contributed by atoms with Gasteiger partial charge in [-0.2, -0.15) is 0 Å². The smallest absolute Gasteiger partial charge is 0.243 e. The fourth-order valence-electron chi connectivity index (χ4n) is 0.837. The van der Waals surface area contributed by atoms with Crippen LogP contribution in [0.5, 0.6) is 0 Å². The van der Waals surface area contributed by atoms with Gasteiger partial charge in [0, 0.05) is 13.0 Å². The van der Waals surface area contributed by atoms with Gasteiger partial charge in [-0.1, -0.05) is 6.58 Å². The summed E-state index contributed by atoms with van der Waals surface area (Å²) in [6.07, 6.45) is 2.30. The zero-order chi connectivity index (χ0) is 9.61. The van der Waals surface area contributed by atoms with E-state index in [1.807, 2.05) is 0 Å². The van der Waals surface area contributed by atoms with Crippen molar-refractivity contribution < 1.29 is 26.3 Å². The molecule has 0 aromatic heterocycles. The van der Waals surface area contributed by atoms with Crippen LogP contribution in [-0.4, -0.2) is 44.6 Å². The van der Waals surface area contributed by atoms with Crippen molar-refractivity contribution in [1.29, 1.82) is 0 Å². The Morgan fingerprint density at radius 3 is 2.38 bits per heavy atom. The molecule has 0 radical (unpaired) electrons. The topological polar surface area (TPSA) is 29.1 Å². The summed E-state index contributed by atoms with van der Waals surface area (Å²) >= 11 is 0. The summed E-state index contributed by atoms with van der Waals surface area (Å²) in [5.41, 5.74) is 0. The van der Waals surface area contributed by atoms with E-state index >= 15 is 0 Å². The van der Waals surface area contributed by atoms with E-state index in [9.17, 15) is 4.79 Å². The van der Waals surface area contributed by atoms with Crippen LogP contribution in [0.15, 0.2) is 12.7 Å². The zero-order valence-electron chi connectivity index (χ0n) is 8.64. The van der Waals surface area contributed by atoms with Gasteiger partial charge >= 0.3 is 0 Å². The van der Waals surface area contributed by atoms with Crippen LogP contribution >= 0.6 is 0 Å². The van der Waals surface area contributed by atoms with E-state index in [1.165, 1.54) is 6.08 Å². The minimum Gasteiger partial charge on any atom is -1.00 e. The van der Waals surface area contributed by atoms with Crippen molar-refractivity contribution in [2.45, 2.75) is 6.42 Å². The molecule has 0 rings (SSSR count). The van der Waals surface area contributed by atoms with Crippen molar-refractivity contribution >= 4 is 5.91 Å². The second kappa shape index (κ2) is 7.09. The number of amides is 1. The van der Waals surface area contributed by atoms with E-state index in [-0.39, 0.29) is 22.9 Å². The first-order valence-corrected chi connectivity index (χ1v) is 4.16. The quantitative estimate of drug-likeness (QED) is 0.324. The summed E-state index contributed by atoms with van der Waals surface area (Å²) in [7, 11) is 6.40. The summed E-state index contributed by atoms with van der Waals surface area (Å²) < 4.78 is 0.934. The van der Waals surface area contributed by atoms with Gasteiger partial charge in [-0.05, 0) is 6.08 Å². The number of halogens is 1. The van der Waals surface area contributed by atoms with Crippen LogP contribution < -0.4 is 22.3 Å². The van der Waals surface area contributed by atoms with E-state index in [0.717, 1.165) is 24.0 Å². The maximum atomic E-state index is 10.7. The van der Waals surface area contributed by atoms with Gasteiger partial charge in [0.1, 0.15) is 0 Å². The largest absolute Gasteiger partial charge is 1.00 e. The third kappa shape index (κ3) is 11.7. The molecule has 0 aromatic rings. The van der Waals surface area contributed by atoms with Gasteiger partial charge in [0.05, 0.1) is 27.7 Å². The molecule has 0 aliphatic heterocycles. The lowest BCUT2D eigenvalue weighted by atomic mass is 10.3. The highest BCUT2D eigenvalue weighted by molar-refractivity contribution is 5.86. The first-order chi connectivity index (χ1) is 5.45. The summed E-state index contributed by atoms with van der Waals surface area (Å²) in [6.45, 7) is 5.18. The summed E-state index contributed by atoms with van der Waals surface area (Å²) in [5.74, 6) is -0.0867. The van der Waals surface area contributed by atoms with Gasteiger partial charge in [0.15, 0.2) is 0 Å².